The molecule has 1 N–H and O–H groups in total. The van der Waals surface area contributed by atoms with Gasteiger partial charge in [0.1, 0.15) is 0 Å². The fourth-order valence-corrected chi connectivity index (χ4v) is 2.21. The number of hydrogen-bond donors (Lipinski definition) is 1. The Labute approximate surface area is 85.7 Å². The maximum atomic E-state index is 10.8. The molecule has 0 saturated carbocycles. The third-order valence-corrected chi connectivity index (χ3v) is 2.97. The molecule has 3 heteroatoms. The van der Waals surface area contributed by atoms with Gasteiger partial charge in [0.25, 0.3) is 0 Å². The molecule has 1 aromatic carbocycles. The summed E-state index contributed by atoms with van der Waals surface area (Å²) in [5.41, 5.74) is 2.53. The molecular weight excluding hydrogens is 232 g/mol. The topological polar surface area (TPSA) is 37.3 Å². The van der Waals surface area contributed by atoms with Crippen molar-refractivity contribution in [2.24, 2.45) is 0 Å². The van der Waals surface area contributed by atoms with Crippen molar-refractivity contribution in [1.29, 1.82) is 0 Å². The van der Waals surface area contributed by atoms with Crippen molar-refractivity contribution < 1.29 is 9.90 Å². The van der Waals surface area contributed by atoms with E-state index in [-0.39, 0.29) is 0 Å². The standard InChI is InChI=1S/C10H11BrO2/c1-3-7-6(2)4-5-8(9(7)11)10(12)13/h4-5H,3H2,1-2H3,(H,12,13). The van der Waals surface area contributed by atoms with E-state index in [1.807, 2.05) is 19.9 Å². The van der Waals surface area contributed by atoms with Crippen LogP contribution in [-0.2, 0) is 6.42 Å². The number of benzene rings is 1. The first-order valence-electron chi connectivity index (χ1n) is 4.09. The van der Waals surface area contributed by atoms with Gasteiger partial charge in [-0.1, -0.05) is 13.0 Å². The minimum absolute atomic E-state index is 0.336. The molecule has 0 aliphatic carbocycles. The van der Waals surface area contributed by atoms with E-state index < -0.39 is 5.97 Å². The Hall–Kier alpha value is -0.830. The summed E-state index contributed by atoms with van der Waals surface area (Å²) in [5, 5.41) is 8.85. The normalized spacial score (nSPS) is 10.1. The van der Waals surface area contributed by atoms with Crippen LogP contribution in [0, 0.1) is 6.92 Å². The smallest absolute Gasteiger partial charge is 0.336 e. The molecule has 0 radical (unpaired) electrons. The van der Waals surface area contributed by atoms with Crippen LogP contribution in [0.3, 0.4) is 0 Å². The first kappa shape index (κ1) is 10.3. The number of rotatable bonds is 2. The van der Waals surface area contributed by atoms with Crippen LogP contribution in [0.2, 0.25) is 0 Å². The summed E-state index contributed by atoms with van der Waals surface area (Å²) in [4.78, 5) is 10.8. The summed E-state index contributed by atoms with van der Waals surface area (Å²) in [6.07, 6.45) is 0.841. The van der Waals surface area contributed by atoms with Crippen LogP contribution in [0.4, 0.5) is 0 Å². The lowest BCUT2D eigenvalue weighted by Crippen LogP contribution is -2.01. The summed E-state index contributed by atoms with van der Waals surface area (Å²) in [6.45, 7) is 3.99. The van der Waals surface area contributed by atoms with Crippen LogP contribution in [-0.4, -0.2) is 11.1 Å². The van der Waals surface area contributed by atoms with Crippen LogP contribution < -0.4 is 0 Å². The number of carboxylic acids is 1. The second-order valence-corrected chi connectivity index (χ2v) is 3.67. The van der Waals surface area contributed by atoms with Gasteiger partial charge in [0, 0.05) is 4.47 Å². The zero-order chi connectivity index (χ0) is 10.0. The number of aromatic carboxylic acids is 1. The first-order chi connectivity index (χ1) is 6.07. The van der Waals surface area contributed by atoms with E-state index in [9.17, 15) is 4.79 Å². The number of carboxylic acid groups (broad SMARTS) is 1. The molecule has 0 unspecified atom stereocenters. The summed E-state index contributed by atoms with van der Waals surface area (Å²) in [6, 6.07) is 3.47. The van der Waals surface area contributed by atoms with Crippen LogP contribution >= 0.6 is 15.9 Å². The summed E-state index contributed by atoms with van der Waals surface area (Å²) < 4.78 is 0.711. The quantitative estimate of drug-likeness (QED) is 0.866. The van der Waals surface area contributed by atoms with Gasteiger partial charge in [0.05, 0.1) is 5.56 Å². The average molecular weight is 243 g/mol. The molecule has 0 amide bonds. The first-order valence-corrected chi connectivity index (χ1v) is 4.88. The second-order valence-electron chi connectivity index (χ2n) is 2.88. The minimum Gasteiger partial charge on any atom is -0.478 e. The molecule has 0 fully saturated rings. The molecule has 1 rings (SSSR count). The van der Waals surface area contributed by atoms with Gasteiger partial charge in [-0.05, 0) is 46.5 Å². The predicted molar refractivity (Wildman–Crippen MR) is 55.2 cm³/mol. The van der Waals surface area contributed by atoms with E-state index in [0.29, 0.717) is 10.0 Å². The molecule has 1 aromatic rings. The van der Waals surface area contributed by atoms with Gasteiger partial charge >= 0.3 is 5.97 Å². The molecule has 0 bridgehead atoms. The Kier molecular flexibility index (Phi) is 3.09. The van der Waals surface area contributed by atoms with Crippen LogP contribution in [0.25, 0.3) is 0 Å². The summed E-state index contributed by atoms with van der Waals surface area (Å²) in [5.74, 6) is -0.887. The molecule has 2 nitrogen and oxygen atoms in total. The molecule has 0 atom stereocenters. The monoisotopic (exact) mass is 242 g/mol. The number of aryl methyl sites for hydroxylation is 1. The van der Waals surface area contributed by atoms with Crippen molar-refractivity contribution >= 4 is 21.9 Å². The molecule has 0 saturated heterocycles. The number of halogens is 1. The fourth-order valence-electron chi connectivity index (χ4n) is 1.32. The Morgan fingerprint density at radius 3 is 2.62 bits per heavy atom. The van der Waals surface area contributed by atoms with Gasteiger partial charge in [-0.2, -0.15) is 0 Å². The maximum Gasteiger partial charge on any atom is 0.336 e. The van der Waals surface area contributed by atoms with E-state index in [1.54, 1.807) is 6.07 Å². The van der Waals surface area contributed by atoms with Gasteiger partial charge in [0.15, 0.2) is 0 Å². The lowest BCUT2D eigenvalue weighted by atomic mass is 10.0. The largest absolute Gasteiger partial charge is 0.478 e. The molecule has 0 aliphatic rings. The van der Waals surface area contributed by atoms with Gasteiger partial charge in [-0.25, -0.2) is 4.79 Å². The Bertz CT molecular complexity index is 345. The van der Waals surface area contributed by atoms with E-state index in [2.05, 4.69) is 15.9 Å². The minimum atomic E-state index is -0.887. The molecule has 0 heterocycles. The second kappa shape index (κ2) is 3.92. The van der Waals surface area contributed by atoms with Crippen LogP contribution in [0.5, 0.6) is 0 Å². The van der Waals surface area contributed by atoms with Crippen LogP contribution in [0.15, 0.2) is 16.6 Å². The van der Waals surface area contributed by atoms with Crippen molar-refractivity contribution in [2.75, 3.05) is 0 Å². The van der Waals surface area contributed by atoms with Gasteiger partial charge in [0.2, 0.25) is 0 Å². The highest BCUT2D eigenvalue weighted by Crippen LogP contribution is 2.25. The lowest BCUT2D eigenvalue weighted by Gasteiger charge is -2.08. The molecule has 0 aromatic heterocycles. The third kappa shape index (κ3) is 1.91. The number of hydrogen-bond acceptors (Lipinski definition) is 1. The molecule has 13 heavy (non-hydrogen) atoms. The highest BCUT2D eigenvalue weighted by molar-refractivity contribution is 9.10. The number of carbonyl (C=O) groups is 1. The van der Waals surface area contributed by atoms with E-state index in [0.717, 1.165) is 17.5 Å². The van der Waals surface area contributed by atoms with E-state index in [4.69, 9.17) is 5.11 Å². The Morgan fingerprint density at radius 2 is 2.15 bits per heavy atom. The molecule has 70 valence electrons. The molecular formula is C10H11BrO2. The van der Waals surface area contributed by atoms with Crippen molar-refractivity contribution in [3.8, 4) is 0 Å². The Balaban J connectivity index is 3.35. The van der Waals surface area contributed by atoms with E-state index in [1.165, 1.54) is 0 Å². The van der Waals surface area contributed by atoms with Crippen molar-refractivity contribution in [2.45, 2.75) is 20.3 Å². The fraction of sp³-hybridized carbons (Fsp3) is 0.300. The highest BCUT2D eigenvalue weighted by atomic mass is 79.9. The lowest BCUT2D eigenvalue weighted by molar-refractivity contribution is 0.0696. The zero-order valence-electron chi connectivity index (χ0n) is 7.60. The van der Waals surface area contributed by atoms with Gasteiger partial charge in [-0.3, -0.25) is 0 Å². The van der Waals surface area contributed by atoms with Crippen molar-refractivity contribution in [1.82, 2.24) is 0 Å². The van der Waals surface area contributed by atoms with E-state index >= 15 is 0 Å². The van der Waals surface area contributed by atoms with Gasteiger partial charge in [-0.15, -0.1) is 0 Å². The molecule has 0 aliphatic heterocycles. The SMILES string of the molecule is CCc1c(C)ccc(C(=O)O)c1Br. The highest BCUT2D eigenvalue weighted by Gasteiger charge is 2.12. The summed E-state index contributed by atoms with van der Waals surface area (Å²) >= 11 is 3.31. The zero-order valence-corrected chi connectivity index (χ0v) is 9.18. The van der Waals surface area contributed by atoms with Crippen molar-refractivity contribution in [3.63, 3.8) is 0 Å². The summed E-state index contributed by atoms with van der Waals surface area (Å²) in [7, 11) is 0. The van der Waals surface area contributed by atoms with Crippen LogP contribution in [0.1, 0.15) is 28.4 Å². The molecule has 0 spiro atoms. The third-order valence-electron chi connectivity index (χ3n) is 2.06. The average Bonchev–Trinajstić information content (AvgIpc) is 2.04. The Morgan fingerprint density at radius 1 is 1.54 bits per heavy atom. The van der Waals surface area contributed by atoms with Crippen molar-refractivity contribution in [3.05, 3.63) is 33.3 Å². The maximum absolute atomic E-state index is 10.8. The van der Waals surface area contributed by atoms with Gasteiger partial charge < -0.3 is 5.11 Å². The predicted octanol–water partition coefficient (Wildman–Crippen LogP) is 3.02.